The van der Waals surface area contributed by atoms with E-state index in [0.29, 0.717) is 5.89 Å². The lowest BCUT2D eigenvalue weighted by Crippen LogP contribution is -2.25. The van der Waals surface area contributed by atoms with Crippen LogP contribution < -0.4 is 5.73 Å². The van der Waals surface area contributed by atoms with Gasteiger partial charge in [0.1, 0.15) is 0 Å². The Morgan fingerprint density at radius 2 is 1.86 bits per heavy atom. The van der Waals surface area contributed by atoms with Crippen LogP contribution >= 0.6 is 0 Å². The molecule has 2 rings (SSSR count). The minimum absolute atomic E-state index is 0.529. The average molecular weight is 286 g/mol. The van der Waals surface area contributed by atoms with Gasteiger partial charge in [-0.25, -0.2) is 0 Å². The zero-order chi connectivity index (χ0) is 15.1. The molecule has 5 nitrogen and oxygen atoms in total. The van der Waals surface area contributed by atoms with Gasteiger partial charge in [-0.2, -0.15) is 4.98 Å². The van der Waals surface area contributed by atoms with E-state index >= 15 is 0 Å². The molecular weight excluding hydrogens is 264 g/mol. The van der Waals surface area contributed by atoms with Gasteiger partial charge >= 0.3 is 0 Å². The molecule has 2 aromatic rings. The van der Waals surface area contributed by atoms with Crippen LogP contribution in [0.5, 0.6) is 0 Å². The summed E-state index contributed by atoms with van der Waals surface area (Å²) < 4.78 is 5.22. The van der Waals surface area contributed by atoms with Crippen LogP contribution in [-0.4, -0.2) is 34.7 Å². The van der Waals surface area contributed by atoms with Crippen molar-refractivity contribution >= 4 is 17.8 Å². The van der Waals surface area contributed by atoms with E-state index in [1.807, 2.05) is 36.4 Å². The van der Waals surface area contributed by atoms with Gasteiger partial charge in [-0.1, -0.05) is 31.1 Å². The predicted octanol–water partition coefficient (Wildman–Crippen LogP) is 2.71. The highest BCUT2D eigenvalue weighted by Gasteiger charge is 2.06. The molecule has 0 spiro atoms. The molecule has 2 N–H and O–H groups in total. The number of rotatable bonds is 7. The molecule has 5 heteroatoms. The van der Waals surface area contributed by atoms with Crippen molar-refractivity contribution in [2.24, 2.45) is 0 Å². The van der Waals surface area contributed by atoms with Crippen molar-refractivity contribution in [2.75, 3.05) is 25.4 Å². The van der Waals surface area contributed by atoms with Crippen molar-refractivity contribution in [1.29, 1.82) is 0 Å². The molecule has 0 aliphatic carbocycles. The van der Waals surface area contributed by atoms with E-state index in [1.165, 1.54) is 0 Å². The van der Waals surface area contributed by atoms with Crippen LogP contribution in [-0.2, 0) is 6.42 Å². The number of anilines is 1. The van der Waals surface area contributed by atoms with E-state index in [4.69, 9.17) is 10.3 Å². The molecule has 21 heavy (non-hydrogen) atoms. The van der Waals surface area contributed by atoms with E-state index < -0.39 is 0 Å². The Labute approximate surface area is 125 Å². The maximum Gasteiger partial charge on any atom is 0.250 e. The van der Waals surface area contributed by atoms with Crippen molar-refractivity contribution in [1.82, 2.24) is 15.0 Å². The van der Waals surface area contributed by atoms with Gasteiger partial charge in [-0.05, 0) is 36.9 Å². The van der Waals surface area contributed by atoms with Gasteiger partial charge in [0, 0.05) is 24.7 Å². The third kappa shape index (κ3) is 4.72. The van der Waals surface area contributed by atoms with Gasteiger partial charge in [0.05, 0.1) is 0 Å². The summed E-state index contributed by atoms with van der Waals surface area (Å²) in [4.78, 5) is 6.70. The van der Waals surface area contributed by atoms with Crippen molar-refractivity contribution in [3.63, 3.8) is 0 Å². The maximum absolute atomic E-state index is 5.65. The predicted molar refractivity (Wildman–Crippen MR) is 85.6 cm³/mol. The molecule has 0 radical (unpaired) electrons. The summed E-state index contributed by atoms with van der Waals surface area (Å²) in [6, 6.07) is 7.62. The first-order valence-electron chi connectivity index (χ1n) is 7.29. The van der Waals surface area contributed by atoms with Crippen LogP contribution in [0.1, 0.15) is 31.1 Å². The van der Waals surface area contributed by atoms with Crippen LogP contribution in [0.3, 0.4) is 0 Å². The fraction of sp³-hybridized carbons (Fsp3) is 0.375. The summed E-state index contributed by atoms with van der Waals surface area (Å²) in [5, 5.41) is 4.00. The van der Waals surface area contributed by atoms with Gasteiger partial charge in [0.15, 0.2) is 5.82 Å². The Bertz CT molecular complexity index is 570. The van der Waals surface area contributed by atoms with Gasteiger partial charge in [0.2, 0.25) is 0 Å². The highest BCUT2D eigenvalue weighted by molar-refractivity contribution is 5.66. The second-order valence-electron chi connectivity index (χ2n) is 4.83. The van der Waals surface area contributed by atoms with Crippen molar-refractivity contribution < 1.29 is 4.52 Å². The smallest absolute Gasteiger partial charge is 0.250 e. The third-order valence-corrected chi connectivity index (χ3v) is 3.38. The molecule has 0 aliphatic heterocycles. The van der Waals surface area contributed by atoms with Crippen molar-refractivity contribution in [3.8, 4) is 0 Å². The summed E-state index contributed by atoms with van der Waals surface area (Å²) in [7, 11) is 0. The minimum atomic E-state index is 0.529. The third-order valence-electron chi connectivity index (χ3n) is 3.38. The number of aromatic nitrogens is 2. The van der Waals surface area contributed by atoms with Crippen molar-refractivity contribution in [3.05, 3.63) is 41.5 Å². The Morgan fingerprint density at radius 1 is 1.14 bits per heavy atom. The van der Waals surface area contributed by atoms with Crippen molar-refractivity contribution in [2.45, 2.75) is 20.3 Å². The summed E-state index contributed by atoms with van der Waals surface area (Å²) in [5.74, 6) is 1.28. The van der Waals surface area contributed by atoms with E-state index in [9.17, 15) is 0 Å². The first-order valence-corrected chi connectivity index (χ1v) is 7.29. The Balaban J connectivity index is 1.92. The quantitative estimate of drug-likeness (QED) is 0.793. The normalized spacial score (nSPS) is 11.6. The molecule has 0 saturated heterocycles. The zero-order valence-electron chi connectivity index (χ0n) is 12.6. The maximum atomic E-state index is 5.65. The Morgan fingerprint density at radius 3 is 2.52 bits per heavy atom. The number of hydrogen-bond acceptors (Lipinski definition) is 5. The summed E-state index contributed by atoms with van der Waals surface area (Å²) >= 11 is 0. The molecule has 0 unspecified atom stereocenters. The van der Waals surface area contributed by atoms with Crippen LogP contribution in [0.15, 0.2) is 28.8 Å². The lowest BCUT2D eigenvalue weighted by atomic mass is 10.2. The molecule has 1 aromatic carbocycles. The van der Waals surface area contributed by atoms with Gasteiger partial charge in [-0.3, -0.25) is 0 Å². The summed E-state index contributed by atoms with van der Waals surface area (Å²) in [6.45, 7) is 7.34. The number of nitrogen functional groups attached to an aromatic ring is 1. The topological polar surface area (TPSA) is 68.2 Å². The molecule has 0 aliphatic rings. The van der Waals surface area contributed by atoms with Crippen LogP contribution in [0.25, 0.3) is 12.2 Å². The summed E-state index contributed by atoms with van der Waals surface area (Å²) in [6.07, 6.45) is 4.56. The first kappa shape index (κ1) is 15.3. The first-order chi connectivity index (χ1) is 10.2. The van der Waals surface area contributed by atoms with Gasteiger partial charge in [-0.15, -0.1) is 0 Å². The molecule has 0 fully saturated rings. The highest BCUT2D eigenvalue weighted by Crippen LogP contribution is 2.10. The van der Waals surface area contributed by atoms with Crippen LogP contribution in [0, 0.1) is 0 Å². The molecule has 0 bridgehead atoms. The number of likely N-dealkylation sites (N-methyl/N-ethyl adjacent to an activating group) is 1. The second kappa shape index (κ2) is 7.59. The molecule has 0 saturated carbocycles. The molecule has 1 aromatic heterocycles. The highest BCUT2D eigenvalue weighted by atomic mass is 16.5. The number of benzene rings is 1. The summed E-state index contributed by atoms with van der Waals surface area (Å²) in [5.41, 5.74) is 7.45. The minimum Gasteiger partial charge on any atom is -0.399 e. The molecule has 0 amide bonds. The van der Waals surface area contributed by atoms with Gasteiger partial charge in [0.25, 0.3) is 5.89 Å². The van der Waals surface area contributed by atoms with Gasteiger partial charge < -0.3 is 15.2 Å². The molecule has 112 valence electrons. The SMILES string of the molecule is CCN(CC)CCc1noc(/C=C/c2ccc(N)cc2)n1. The fourth-order valence-electron chi connectivity index (χ4n) is 2.01. The van der Waals surface area contributed by atoms with E-state index in [-0.39, 0.29) is 0 Å². The van der Waals surface area contributed by atoms with E-state index in [2.05, 4.69) is 28.9 Å². The Kier molecular flexibility index (Phi) is 5.51. The van der Waals surface area contributed by atoms with Crippen LogP contribution in [0.4, 0.5) is 5.69 Å². The lowest BCUT2D eigenvalue weighted by molar-refractivity contribution is 0.303. The average Bonchev–Trinajstić information content (AvgIpc) is 2.96. The molecule has 0 atom stereocenters. The number of hydrogen-bond donors (Lipinski definition) is 1. The zero-order valence-corrected chi connectivity index (χ0v) is 12.6. The monoisotopic (exact) mass is 286 g/mol. The van der Waals surface area contributed by atoms with E-state index in [0.717, 1.165) is 43.1 Å². The lowest BCUT2D eigenvalue weighted by Gasteiger charge is -2.16. The number of nitrogens with zero attached hydrogens (tertiary/aromatic N) is 3. The standard InChI is InChI=1S/C16H22N4O/c1-3-20(4-2)12-11-15-18-16(21-19-15)10-7-13-5-8-14(17)9-6-13/h5-10H,3-4,11-12,17H2,1-2H3/b10-7+. The van der Waals surface area contributed by atoms with Crippen LogP contribution in [0.2, 0.25) is 0 Å². The fourth-order valence-corrected chi connectivity index (χ4v) is 2.01. The Hall–Kier alpha value is -2.14. The largest absolute Gasteiger partial charge is 0.399 e. The second-order valence-corrected chi connectivity index (χ2v) is 4.83. The molecule has 1 heterocycles. The molecular formula is C16H22N4O. The van der Waals surface area contributed by atoms with E-state index in [1.54, 1.807) is 0 Å². The number of nitrogens with two attached hydrogens (primary N) is 1.